The molecule has 0 fully saturated rings. The Morgan fingerprint density at radius 2 is 1.00 bits per heavy atom. The summed E-state index contributed by atoms with van der Waals surface area (Å²) in [5, 5.41) is 0. The van der Waals surface area contributed by atoms with Crippen LogP contribution in [0.25, 0.3) is 0 Å². The van der Waals surface area contributed by atoms with E-state index < -0.39 is 9.84 Å². The fourth-order valence-electron chi connectivity index (χ4n) is 3.29. The van der Waals surface area contributed by atoms with Crippen molar-refractivity contribution in [1.82, 2.24) is 0 Å². The third-order valence-corrected chi connectivity index (χ3v) is 6.75. The molecule has 0 aliphatic heterocycles. The van der Waals surface area contributed by atoms with Crippen molar-refractivity contribution in [3.8, 4) is 0 Å². The minimum atomic E-state index is -3.45. The molecule has 136 valence electrons. The molecule has 0 amide bonds. The molecule has 0 aliphatic carbocycles. The van der Waals surface area contributed by atoms with E-state index in [1.54, 1.807) is 24.3 Å². The van der Waals surface area contributed by atoms with Gasteiger partial charge in [-0.05, 0) is 60.1 Å². The quantitative estimate of drug-likeness (QED) is 0.553. The predicted octanol–water partition coefficient (Wildman–Crippen LogP) is 6.33. The Hall–Kier alpha value is -1.61. The Morgan fingerprint density at radius 1 is 0.680 bits per heavy atom. The first kappa shape index (κ1) is 19.7. The van der Waals surface area contributed by atoms with E-state index in [1.807, 2.05) is 24.3 Å². The van der Waals surface area contributed by atoms with Crippen LogP contribution >= 0.6 is 0 Å². The Bertz CT molecular complexity index is 697. The monoisotopic (exact) mass is 358 g/mol. The summed E-state index contributed by atoms with van der Waals surface area (Å²) in [6, 6.07) is 14.8. The molecule has 2 atom stereocenters. The van der Waals surface area contributed by atoms with Crippen LogP contribution in [-0.4, -0.2) is 8.42 Å². The average Bonchev–Trinajstić information content (AvgIpc) is 2.62. The molecule has 3 heteroatoms. The molecular weight excluding hydrogens is 328 g/mol. The Balaban J connectivity index is 2.23. The largest absolute Gasteiger partial charge is 0.219 e. The van der Waals surface area contributed by atoms with Gasteiger partial charge in [0.1, 0.15) is 0 Å². The lowest BCUT2D eigenvalue weighted by Gasteiger charge is -2.13. The van der Waals surface area contributed by atoms with Gasteiger partial charge in [0, 0.05) is 0 Å². The molecule has 0 heterocycles. The molecule has 0 aliphatic rings. The van der Waals surface area contributed by atoms with Crippen LogP contribution in [0, 0.1) is 0 Å². The summed E-state index contributed by atoms with van der Waals surface area (Å²) in [7, 11) is -3.45. The second-order valence-corrected chi connectivity index (χ2v) is 8.97. The highest BCUT2D eigenvalue weighted by molar-refractivity contribution is 7.91. The highest BCUT2D eigenvalue weighted by Gasteiger charge is 2.18. The van der Waals surface area contributed by atoms with Crippen molar-refractivity contribution in [3.63, 3.8) is 0 Å². The summed E-state index contributed by atoms with van der Waals surface area (Å²) in [4.78, 5) is 0.739. The molecule has 2 aromatic rings. The van der Waals surface area contributed by atoms with Gasteiger partial charge >= 0.3 is 0 Å². The Labute approximate surface area is 153 Å². The minimum absolute atomic E-state index is 0.370. The molecule has 25 heavy (non-hydrogen) atoms. The van der Waals surface area contributed by atoms with Crippen molar-refractivity contribution in [3.05, 3.63) is 59.7 Å². The highest BCUT2D eigenvalue weighted by Crippen LogP contribution is 2.27. The van der Waals surface area contributed by atoms with Crippen LogP contribution in [0.2, 0.25) is 0 Å². The van der Waals surface area contributed by atoms with Gasteiger partial charge < -0.3 is 0 Å². The van der Waals surface area contributed by atoms with Gasteiger partial charge in [-0.25, -0.2) is 8.42 Å². The zero-order valence-corrected chi connectivity index (χ0v) is 16.6. The van der Waals surface area contributed by atoms with Gasteiger partial charge in [-0.3, -0.25) is 0 Å². The lowest BCUT2D eigenvalue weighted by atomic mass is 9.97. The topological polar surface area (TPSA) is 34.1 Å². The Kier molecular flexibility index (Phi) is 6.83. The second-order valence-electron chi connectivity index (χ2n) is 7.02. The normalized spacial score (nSPS) is 14.2. The van der Waals surface area contributed by atoms with Gasteiger partial charge in [0.15, 0.2) is 0 Å². The van der Waals surface area contributed by atoms with Crippen molar-refractivity contribution in [1.29, 1.82) is 0 Å². The lowest BCUT2D eigenvalue weighted by Crippen LogP contribution is -2.03. The van der Waals surface area contributed by atoms with E-state index in [9.17, 15) is 8.42 Å². The molecule has 0 radical (unpaired) electrons. The third-order valence-electron chi connectivity index (χ3n) is 4.96. The second kappa shape index (κ2) is 8.66. The van der Waals surface area contributed by atoms with Gasteiger partial charge in [0.25, 0.3) is 0 Å². The van der Waals surface area contributed by atoms with Crippen molar-refractivity contribution < 1.29 is 8.42 Å². The van der Waals surface area contributed by atoms with Gasteiger partial charge in [-0.15, -0.1) is 0 Å². The number of benzene rings is 2. The van der Waals surface area contributed by atoms with Crippen LogP contribution in [0.3, 0.4) is 0 Å². The summed E-state index contributed by atoms with van der Waals surface area (Å²) < 4.78 is 25.7. The molecule has 2 rings (SSSR count). The SMILES string of the molecule is CCCC(C)c1ccc(S(=O)(=O)c2ccc(C(C)CCC)cc2)cc1. The molecule has 0 N–H and O–H groups in total. The summed E-state index contributed by atoms with van der Waals surface area (Å²) >= 11 is 0. The van der Waals surface area contributed by atoms with Crippen LogP contribution in [0.4, 0.5) is 0 Å². The van der Waals surface area contributed by atoms with Gasteiger partial charge in [-0.1, -0.05) is 64.8 Å². The summed E-state index contributed by atoms with van der Waals surface area (Å²) in [5.74, 6) is 0.919. The first-order chi connectivity index (χ1) is 11.9. The van der Waals surface area contributed by atoms with Gasteiger partial charge in [0.2, 0.25) is 9.84 Å². The molecule has 0 saturated carbocycles. The third kappa shape index (κ3) is 4.72. The number of rotatable bonds is 8. The number of hydrogen-bond acceptors (Lipinski definition) is 2. The van der Waals surface area contributed by atoms with E-state index in [-0.39, 0.29) is 0 Å². The number of sulfone groups is 1. The van der Waals surface area contributed by atoms with E-state index in [2.05, 4.69) is 27.7 Å². The van der Waals surface area contributed by atoms with Gasteiger partial charge in [-0.2, -0.15) is 0 Å². The van der Waals surface area contributed by atoms with E-state index in [0.29, 0.717) is 21.6 Å². The van der Waals surface area contributed by atoms with Crippen LogP contribution in [0.1, 0.15) is 76.3 Å². The molecular formula is C22H30O2S. The van der Waals surface area contributed by atoms with Crippen molar-refractivity contribution in [2.45, 2.75) is 75.0 Å². The predicted molar refractivity (Wildman–Crippen MR) is 105 cm³/mol. The highest BCUT2D eigenvalue weighted by atomic mass is 32.2. The summed E-state index contributed by atoms with van der Waals surface area (Å²) in [6.07, 6.45) is 4.49. The maximum Gasteiger partial charge on any atom is 0.206 e. The molecule has 2 aromatic carbocycles. The van der Waals surface area contributed by atoms with Crippen LogP contribution in [-0.2, 0) is 9.84 Å². The van der Waals surface area contributed by atoms with Crippen molar-refractivity contribution in [2.24, 2.45) is 0 Å². The fraction of sp³-hybridized carbons (Fsp3) is 0.455. The van der Waals surface area contributed by atoms with E-state index in [1.165, 1.54) is 11.1 Å². The van der Waals surface area contributed by atoms with Crippen LogP contribution in [0.15, 0.2) is 58.3 Å². The van der Waals surface area contributed by atoms with E-state index in [0.717, 1.165) is 25.7 Å². The maximum absolute atomic E-state index is 12.8. The molecule has 0 spiro atoms. The van der Waals surface area contributed by atoms with Crippen molar-refractivity contribution in [2.75, 3.05) is 0 Å². The summed E-state index contributed by atoms with van der Waals surface area (Å²) in [5.41, 5.74) is 2.40. The van der Waals surface area contributed by atoms with Gasteiger partial charge in [0.05, 0.1) is 9.79 Å². The first-order valence-corrected chi connectivity index (χ1v) is 10.8. The standard InChI is InChI=1S/C22H30O2S/c1-5-7-17(3)19-9-13-21(14-10-19)25(23,24)22-15-11-20(12-16-22)18(4)8-6-2/h9-18H,5-8H2,1-4H3. The smallest absolute Gasteiger partial charge is 0.206 e. The Morgan fingerprint density at radius 3 is 1.28 bits per heavy atom. The van der Waals surface area contributed by atoms with Crippen LogP contribution in [0.5, 0.6) is 0 Å². The maximum atomic E-state index is 12.8. The molecule has 0 bridgehead atoms. The number of hydrogen-bond donors (Lipinski definition) is 0. The zero-order chi connectivity index (χ0) is 18.4. The van der Waals surface area contributed by atoms with Crippen LogP contribution < -0.4 is 0 Å². The summed E-state index contributed by atoms with van der Waals surface area (Å²) in [6.45, 7) is 8.70. The average molecular weight is 359 g/mol. The molecule has 0 aromatic heterocycles. The fourth-order valence-corrected chi connectivity index (χ4v) is 4.55. The van der Waals surface area contributed by atoms with Crippen molar-refractivity contribution >= 4 is 9.84 Å². The van der Waals surface area contributed by atoms with E-state index in [4.69, 9.17) is 0 Å². The molecule has 0 saturated heterocycles. The molecule has 2 unspecified atom stereocenters. The zero-order valence-electron chi connectivity index (χ0n) is 15.8. The lowest BCUT2D eigenvalue weighted by molar-refractivity contribution is 0.595. The first-order valence-electron chi connectivity index (χ1n) is 9.35. The van der Waals surface area contributed by atoms with E-state index >= 15 is 0 Å². The minimum Gasteiger partial charge on any atom is -0.219 e. The molecule has 2 nitrogen and oxygen atoms in total.